The minimum atomic E-state index is -0.261. The van der Waals surface area contributed by atoms with Crippen molar-refractivity contribution in [2.24, 2.45) is 0 Å². The van der Waals surface area contributed by atoms with Gasteiger partial charge in [0.25, 0.3) is 0 Å². The van der Waals surface area contributed by atoms with Gasteiger partial charge < -0.3 is 10.1 Å². The van der Waals surface area contributed by atoms with E-state index in [0.29, 0.717) is 6.04 Å². The topological polar surface area (TPSA) is 38.3 Å². The van der Waals surface area contributed by atoms with E-state index in [1.165, 1.54) is 26.4 Å². The zero-order valence-electron chi connectivity index (χ0n) is 9.01. The summed E-state index contributed by atoms with van der Waals surface area (Å²) in [6.45, 7) is 2.19. The number of unbranched alkanes of at least 4 members (excludes halogenated alkanes) is 1. The number of carbonyl (C=O) groups is 1. The number of rotatable bonds is 4. The van der Waals surface area contributed by atoms with Gasteiger partial charge in [0, 0.05) is 17.8 Å². The van der Waals surface area contributed by atoms with Gasteiger partial charge in [0.1, 0.15) is 0 Å². The second-order valence-electron chi connectivity index (χ2n) is 3.71. The fraction of sp³-hybridized carbons (Fsp3) is 0.727. The molecule has 0 amide bonds. The van der Waals surface area contributed by atoms with Gasteiger partial charge in [0.05, 0.1) is 7.11 Å². The van der Waals surface area contributed by atoms with Crippen molar-refractivity contribution in [3.8, 4) is 0 Å². The summed E-state index contributed by atoms with van der Waals surface area (Å²) in [4.78, 5) is 10.9. The Balaban J connectivity index is 2.33. The quantitative estimate of drug-likeness (QED) is 0.553. The van der Waals surface area contributed by atoms with Gasteiger partial charge in [-0.3, -0.25) is 0 Å². The van der Waals surface area contributed by atoms with E-state index in [4.69, 9.17) is 0 Å². The number of esters is 1. The van der Waals surface area contributed by atoms with Crippen molar-refractivity contribution in [2.45, 2.75) is 45.1 Å². The van der Waals surface area contributed by atoms with Gasteiger partial charge in [-0.15, -0.1) is 0 Å². The van der Waals surface area contributed by atoms with E-state index < -0.39 is 0 Å². The van der Waals surface area contributed by atoms with Crippen LogP contribution in [-0.4, -0.2) is 19.1 Å². The minimum absolute atomic E-state index is 0.261. The molecule has 1 atom stereocenters. The number of ether oxygens (including phenoxy) is 1. The van der Waals surface area contributed by atoms with Crippen molar-refractivity contribution < 1.29 is 9.53 Å². The summed E-state index contributed by atoms with van der Waals surface area (Å²) in [6, 6.07) is 0.561. The Labute approximate surface area is 85.5 Å². The summed E-state index contributed by atoms with van der Waals surface area (Å²) in [6.07, 6.45) is 7.37. The van der Waals surface area contributed by atoms with E-state index in [2.05, 4.69) is 17.0 Å². The van der Waals surface area contributed by atoms with Gasteiger partial charge >= 0.3 is 5.97 Å². The Kier molecular flexibility index (Phi) is 4.50. The molecule has 1 rings (SSSR count). The van der Waals surface area contributed by atoms with E-state index in [1.54, 1.807) is 6.08 Å². The van der Waals surface area contributed by atoms with E-state index in [-0.39, 0.29) is 5.97 Å². The maximum atomic E-state index is 10.9. The van der Waals surface area contributed by atoms with Gasteiger partial charge in [-0.2, -0.15) is 0 Å². The van der Waals surface area contributed by atoms with Crippen LogP contribution in [0.2, 0.25) is 0 Å². The molecule has 0 radical (unpaired) electrons. The lowest BCUT2D eigenvalue weighted by Crippen LogP contribution is -2.20. The maximum absolute atomic E-state index is 10.9. The first-order chi connectivity index (χ1) is 6.76. The lowest BCUT2D eigenvalue weighted by atomic mass is 10.1. The van der Waals surface area contributed by atoms with E-state index in [0.717, 1.165) is 18.5 Å². The number of hydrogen-bond acceptors (Lipinski definition) is 3. The average molecular weight is 197 g/mol. The molecule has 0 spiro atoms. The fourth-order valence-electron chi connectivity index (χ4n) is 1.72. The van der Waals surface area contributed by atoms with Crippen LogP contribution in [0.15, 0.2) is 11.8 Å². The molecule has 1 N–H and O–H groups in total. The minimum Gasteiger partial charge on any atom is -0.466 e. The highest BCUT2D eigenvalue weighted by Crippen LogP contribution is 2.19. The van der Waals surface area contributed by atoms with E-state index >= 15 is 0 Å². The molecule has 0 saturated carbocycles. The first-order valence-electron chi connectivity index (χ1n) is 5.31. The lowest BCUT2D eigenvalue weighted by Gasteiger charge is -2.09. The van der Waals surface area contributed by atoms with Crippen LogP contribution in [0, 0.1) is 0 Å². The normalized spacial score (nSPS) is 23.6. The predicted molar refractivity (Wildman–Crippen MR) is 55.8 cm³/mol. The number of allylic oxidation sites excluding steroid dienone is 1. The van der Waals surface area contributed by atoms with Crippen molar-refractivity contribution in [2.75, 3.05) is 7.11 Å². The van der Waals surface area contributed by atoms with Crippen molar-refractivity contribution in [1.29, 1.82) is 0 Å². The molecule has 1 aliphatic heterocycles. The summed E-state index contributed by atoms with van der Waals surface area (Å²) in [7, 11) is 1.41. The van der Waals surface area contributed by atoms with E-state index in [9.17, 15) is 4.79 Å². The standard InChI is InChI=1S/C11H19NO2/c1-3-4-5-9-6-7-10(12-9)8-11(13)14-2/h8-9,12H,3-7H2,1-2H3/b10-8-/t9-/m1/s1. The van der Waals surface area contributed by atoms with Gasteiger partial charge in [0.15, 0.2) is 0 Å². The second-order valence-corrected chi connectivity index (χ2v) is 3.71. The number of carbonyl (C=O) groups excluding carboxylic acids is 1. The third-order valence-corrected chi connectivity index (χ3v) is 2.55. The SMILES string of the molecule is CCCC[C@@H]1CC/C(=C/C(=O)OC)N1. The maximum Gasteiger partial charge on any atom is 0.332 e. The van der Waals surface area contributed by atoms with Crippen LogP contribution in [0.1, 0.15) is 39.0 Å². The molecule has 0 aromatic rings. The molecule has 0 bridgehead atoms. The fourth-order valence-corrected chi connectivity index (χ4v) is 1.72. The van der Waals surface area contributed by atoms with Gasteiger partial charge in [0.2, 0.25) is 0 Å². The Hall–Kier alpha value is -0.990. The largest absolute Gasteiger partial charge is 0.466 e. The molecule has 0 aromatic carbocycles. The second kappa shape index (κ2) is 5.68. The van der Waals surface area contributed by atoms with Crippen LogP contribution < -0.4 is 5.32 Å². The Morgan fingerprint density at radius 3 is 3.14 bits per heavy atom. The van der Waals surface area contributed by atoms with Crippen LogP contribution in [0.3, 0.4) is 0 Å². The molecule has 1 saturated heterocycles. The molecule has 3 nitrogen and oxygen atoms in total. The molecule has 80 valence electrons. The monoisotopic (exact) mass is 197 g/mol. The molecule has 1 fully saturated rings. The smallest absolute Gasteiger partial charge is 0.332 e. The third kappa shape index (κ3) is 3.40. The van der Waals surface area contributed by atoms with Crippen LogP contribution >= 0.6 is 0 Å². The average Bonchev–Trinajstić information content (AvgIpc) is 2.62. The summed E-state index contributed by atoms with van der Waals surface area (Å²) in [5.41, 5.74) is 1.03. The Morgan fingerprint density at radius 2 is 2.50 bits per heavy atom. The number of methoxy groups -OCH3 is 1. The lowest BCUT2D eigenvalue weighted by molar-refractivity contribution is -0.134. The molecule has 0 unspecified atom stereocenters. The number of nitrogens with one attached hydrogen (secondary N) is 1. The highest BCUT2D eigenvalue weighted by Gasteiger charge is 2.18. The summed E-state index contributed by atoms with van der Waals surface area (Å²) >= 11 is 0. The predicted octanol–water partition coefficient (Wildman–Crippen LogP) is 1.99. The van der Waals surface area contributed by atoms with Crippen LogP contribution in [0.25, 0.3) is 0 Å². The van der Waals surface area contributed by atoms with Gasteiger partial charge in [-0.1, -0.05) is 19.8 Å². The molecule has 3 heteroatoms. The molecule has 0 aromatic heterocycles. The molecular formula is C11H19NO2. The molecule has 0 aliphatic carbocycles. The van der Waals surface area contributed by atoms with Crippen LogP contribution in [-0.2, 0) is 9.53 Å². The third-order valence-electron chi connectivity index (χ3n) is 2.55. The van der Waals surface area contributed by atoms with Gasteiger partial charge in [-0.25, -0.2) is 4.79 Å². The summed E-state index contributed by atoms with van der Waals surface area (Å²) in [5, 5.41) is 3.35. The zero-order chi connectivity index (χ0) is 10.4. The Bertz CT molecular complexity index is 223. The van der Waals surface area contributed by atoms with Crippen LogP contribution in [0.5, 0.6) is 0 Å². The van der Waals surface area contributed by atoms with Crippen molar-refractivity contribution in [3.05, 3.63) is 11.8 Å². The molecule has 1 aliphatic rings. The first-order valence-corrected chi connectivity index (χ1v) is 5.31. The summed E-state index contributed by atoms with van der Waals surface area (Å²) in [5.74, 6) is -0.261. The van der Waals surface area contributed by atoms with Crippen LogP contribution in [0.4, 0.5) is 0 Å². The van der Waals surface area contributed by atoms with Crippen molar-refractivity contribution in [1.82, 2.24) is 5.32 Å². The summed E-state index contributed by atoms with van der Waals surface area (Å²) < 4.78 is 4.57. The molecule has 1 heterocycles. The van der Waals surface area contributed by atoms with Gasteiger partial charge in [-0.05, 0) is 19.3 Å². The number of hydrogen-bond donors (Lipinski definition) is 1. The van der Waals surface area contributed by atoms with Crippen molar-refractivity contribution >= 4 is 5.97 Å². The zero-order valence-corrected chi connectivity index (χ0v) is 9.01. The highest BCUT2D eigenvalue weighted by atomic mass is 16.5. The Morgan fingerprint density at radius 1 is 1.71 bits per heavy atom. The van der Waals surface area contributed by atoms with Crippen molar-refractivity contribution in [3.63, 3.8) is 0 Å². The van der Waals surface area contributed by atoms with E-state index in [1.807, 2.05) is 0 Å². The molecular weight excluding hydrogens is 178 g/mol. The molecule has 14 heavy (non-hydrogen) atoms. The first kappa shape index (κ1) is 11.1. The highest BCUT2D eigenvalue weighted by molar-refractivity contribution is 5.82.